The predicted molar refractivity (Wildman–Crippen MR) is 121 cm³/mol. The first-order chi connectivity index (χ1) is 14.7. The summed E-state index contributed by atoms with van der Waals surface area (Å²) in [6.45, 7) is 0.755. The van der Waals surface area contributed by atoms with E-state index in [1.165, 1.54) is 11.3 Å². The van der Waals surface area contributed by atoms with Crippen molar-refractivity contribution in [3.05, 3.63) is 64.3 Å². The van der Waals surface area contributed by atoms with Crippen LogP contribution in [0.2, 0.25) is 5.02 Å². The van der Waals surface area contributed by atoms with Gasteiger partial charge in [-0.15, -0.1) is 11.3 Å². The monoisotopic (exact) mass is 437 g/mol. The van der Waals surface area contributed by atoms with E-state index >= 15 is 0 Å². The first kappa shape index (κ1) is 19.3. The minimum atomic E-state index is 0.0549. The van der Waals surface area contributed by atoms with E-state index in [2.05, 4.69) is 11.1 Å². The molecule has 1 aromatic carbocycles. The van der Waals surface area contributed by atoms with E-state index in [9.17, 15) is 4.79 Å². The van der Waals surface area contributed by atoms with E-state index in [-0.39, 0.29) is 11.9 Å². The Bertz CT molecular complexity index is 1240. The molecule has 0 spiro atoms. The lowest BCUT2D eigenvalue weighted by molar-refractivity contribution is 0.0616. The van der Waals surface area contributed by atoms with Gasteiger partial charge in [-0.3, -0.25) is 9.78 Å². The van der Waals surface area contributed by atoms with Crippen LogP contribution in [0.5, 0.6) is 5.75 Å². The summed E-state index contributed by atoms with van der Waals surface area (Å²) in [5.74, 6) is 0.649. The second-order valence-corrected chi connectivity index (χ2v) is 8.85. The molecule has 5 nitrogen and oxygen atoms in total. The lowest BCUT2D eigenvalue weighted by atomic mass is 9.96. The van der Waals surface area contributed by atoms with Gasteiger partial charge < -0.3 is 9.64 Å². The number of benzene rings is 1. The summed E-state index contributed by atoms with van der Waals surface area (Å²) in [7, 11) is 1.59. The first-order valence-corrected chi connectivity index (χ1v) is 11.1. The van der Waals surface area contributed by atoms with Gasteiger partial charge in [0.1, 0.15) is 15.6 Å². The van der Waals surface area contributed by atoms with Crippen molar-refractivity contribution in [3.63, 3.8) is 0 Å². The maximum Gasteiger partial charge on any atom is 0.264 e. The lowest BCUT2D eigenvalue weighted by Crippen LogP contribution is -2.38. The topological polar surface area (TPSA) is 55.3 Å². The minimum absolute atomic E-state index is 0.0549. The Morgan fingerprint density at radius 2 is 2.13 bits per heavy atom. The van der Waals surface area contributed by atoms with Crippen molar-refractivity contribution >= 4 is 50.0 Å². The molecule has 4 aromatic rings. The lowest BCUT2D eigenvalue weighted by Gasteiger charge is -2.35. The van der Waals surface area contributed by atoms with Gasteiger partial charge in [0.15, 0.2) is 0 Å². The number of likely N-dealkylation sites (tertiary alicyclic amines) is 1. The van der Waals surface area contributed by atoms with Crippen molar-refractivity contribution in [1.82, 2.24) is 14.9 Å². The average molecular weight is 438 g/mol. The van der Waals surface area contributed by atoms with Crippen LogP contribution >= 0.6 is 22.9 Å². The van der Waals surface area contributed by atoms with E-state index in [1.807, 2.05) is 41.4 Å². The molecular weight excluding hydrogens is 418 g/mol. The Balaban J connectivity index is 1.54. The van der Waals surface area contributed by atoms with Crippen LogP contribution in [0.4, 0.5) is 0 Å². The number of carbonyl (C=O) groups is 1. The third kappa shape index (κ3) is 3.30. The largest absolute Gasteiger partial charge is 0.495 e. The number of methoxy groups -OCH3 is 1. The predicted octanol–water partition coefficient (Wildman–Crippen LogP) is 5.87. The van der Waals surface area contributed by atoms with Crippen LogP contribution in [-0.2, 0) is 0 Å². The van der Waals surface area contributed by atoms with Gasteiger partial charge in [0.2, 0.25) is 0 Å². The van der Waals surface area contributed by atoms with Crippen molar-refractivity contribution in [1.29, 1.82) is 0 Å². The fourth-order valence-corrected chi connectivity index (χ4v) is 5.41. The Morgan fingerprint density at radius 1 is 1.23 bits per heavy atom. The summed E-state index contributed by atoms with van der Waals surface area (Å²) in [5, 5.41) is 2.37. The summed E-state index contributed by atoms with van der Waals surface area (Å²) in [5.41, 5.74) is 1.78. The van der Waals surface area contributed by atoms with Crippen LogP contribution in [0.1, 0.15) is 40.5 Å². The molecule has 152 valence electrons. The number of halogens is 1. The standard InChI is InChI=1S/C23H20ClN3O2S/c1-29-18-8-7-14-11-16-12-19(30-22(16)26-21(14)20(18)24)23(28)27-10-3-2-6-17(27)15-5-4-9-25-13-15/h4-5,7-9,11-13,17H,2-3,6,10H2,1H3/t17-/m1/s1. The third-order valence-corrected chi connectivity index (χ3v) is 7.04. The molecule has 0 saturated carbocycles. The van der Waals surface area contributed by atoms with Gasteiger partial charge >= 0.3 is 0 Å². The number of nitrogens with zero attached hydrogens (tertiary/aromatic N) is 3. The molecule has 1 aliphatic rings. The number of hydrogen-bond acceptors (Lipinski definition) is 5. The smallest absolute Gasteiger partial charge is 0.264 e. The van der Waals surface area contributed by atoms with Crippen molar-refractivity contribution < 1.29 is 9.53 Å². The fourth-order valence-electron chi connectivity index (χ4n) is 4.15. The number of pyridine rings is 2. The van der Waals surface area contributed by atoms with Gasteiger partial charge in [-0.1, -0.05) is 17.7 Å². The van der Waals surface area contributed by atoms with E-state index in [0.29, 0.717) is 21.2 Å². The van der Waals surface area contributed by atoms with Crippen LogP contribution in [0.25, 0.3) is 21.1 Å². The Kier molecular flexibility index (Phi) is 5.05. The minimum Gasteiger partial charge on any atom is -0.495 e. The Hall–Kier alpha value is -2.70. The van der Waals surface area contributed by atoms with E-state index in [0.717, 1.165) is 47.0 Å². The number of hydrogen-bond donors (Lipinski definition) is 0. The molecule has 1 aliphatic heterocycles. The van der Waals surface area contributed by atoms with Gasteiger partial charge in [0.05, 0.1) is 23.5 Å². The zero-order valence-electron chi connectivity index (χ0n) is 16.5. The van der Waals surface area contributed by atoms with Crippen molar-refractivity contribution in [3.8, 4) is 5.75 Å². The SMILES string of the molecule is COc1ccc2cc3cc(C(=O)N4CCCC[C@@H]4c4cccnc4)sc3nc2c1Cl. The molecule has 0 N–H and O–H groups in total. The number of fused-ring (bicyclic) bond motifs is 2. The van der Waals surface area contributed by atoms with E-state index in [4.69, 9.17) is 21.3 Å². The van der Waals surface area contributed by atoms with E-state index < -0.39 is 0 Å². The van der Waals surface area contributed by atoms with Crippen molar-refractivity contribution in [2.45, 2.75) is 25.3 Å². The van der Waals surface area contributed by atoms with Gasteiger partial charge in [-0.05, 0) is 55.2 Å². The normalized spacial score (nSPS) is 16.9. The highest BCUT2D eigenvalue weighted by atomic mass is 35.5. The van der Waals surface area contributed by atoms with Gasteiger partial charge in [-0.25, -0.2) is 4.98 Å². The highest BCUT2D eigenvalue weighted by Crippen LogP contribution is 2.37. The van der Waals surface area contributed by atoms with Crippen molar-refractivity contribution in [2.75, 3.05) is 13.7 Å². The molecule has 0 bridgehead atoms. The molecular formula is C23H20ClN3O2S. The highest BCUT2D eigenvalue weighted by molar-refractivity contribution is 7.20. The van der Waals surface area contributed by atoms with Gasteiger partial charge in [-0.2, -0.15) is 0 Å². The molecule has 4 heterocycles. The van der Waals surface area contributed by atoms with Crippen molar-refractivity contribution in [2.24, 2.45) is 0 Å². The Morgan fingerprint density at radius 3 is 2.93 bits per heavy atom. The quantitative estimate of drug-likeness (QED) is 0.402. The number of amides is 1. The molecule has 3 aromatic heterocycles. The summed E-state index contributed by atoms with van der Waals surface area (Å²) in [4.78, 5) is 25.9. The molecule has 0 aliphatic carbocycles. The van der Waals surface area contributed by atoms with Crippen LogP contribution < -0.4 is 4.74 Å². The number of ether oxygens (including phenoxy) is 1. The first-order valence-electron chi connectivity index (χ1n) is 9.93. The van der Waals surface area contributed by atoms with Crippen LogP contribution in [-0.4, -0.2) is 34.4 Å². The highest BCUT2D eigenvalue weighted by Gasteiger charge is 2.30. The summed E-state index contributed by atoms with van der Waals surface area (Å²) in [6, 6.07) is 11.8. The van der Waals surface area contributed by atoms with Crippen LogP contribution in [0.15, 0.2) is 48.8 Å². The summed E-state index contributed by atoms with van der Waals surface area (Å²) < 4.78 is 5.31. The number of rotatable bonds is 3. The molecule has 1 amide bonds. The van der Waals surface area contributed by atoms with Crippen LogP contribution in [0, 0.1) is 0 Å². The third-order valence-electron chi connectivity index (χ3n) is 5.64. The molecule has 0 unspecified atom stereocenters. The summed E-state index contributed by atoms with van der Waals surface area (Å²) in [6.07, 6.45) is 6.72. The molecule has 5 rings (SSSR count). The Labute approximate surface area is 183 Å². The maximum atomic E-state index is 13.5. The second kappa shape index (κ2) is 7.85. The number of thiophene rings is 1. The zero-order valence-corrected chi connectivity index (χ0v) is 18.0. The molecule has 0 radical (unpaired) electrons. The average Bonchev–Trinajstić information content (AvgIpc) is 3.21. The molecule has 7 heteroatoms. The van der Waals surface area contributed by atoms with Crippen LogP contribution in [0.3, 0.4) is 0 Å². The van der Waals surface area contributed by atoms with Gasteiger partial charge in [0.25, 0.3) is 5.91 Å². The van der Waals surface area contributed by atoms with Gasteiger partial charge in [0, 0.05) is 29.7 Å². The maximum absolute atomic E-state index is 13.5. The van der Waals surface area contributed by atoms with E-state index in [1.54, 1.807) is 13.3 Å². The fraction of sp³-hybridized carbons (Fsp3) is 0.261. The zero-order chi connectivity index (χ0) is 20.7. The summed E-state index contributed by atoms with van der Waals surface area (Å²) >= 11 is 7.87. The second-order valence-electron chi connectivity index (χ2n) is 7.44. The number of aromatic nitrogens is 2. The number of piperidine rings is 1. The molecule has 1 atom stereocenters. The molecule has 1 saturated heterocycles. The molecule has 30 heavy (non-hydrogen) atoms. The number of carbonyl (C=O) groups excluding carboxylic acids is 1. The molecule has 1 fully saturated rings.